The summed E-state index contributed by atoms with van der Waals surface area (Å²) in [6.45, 7) is 1.30. The quantitative estimate of drug-likeness (QED) is 0.528. The molecule has 0 spiro atoms. The monoisotopic (exact) mass is 338 g/mol. The molecule has 0 bridgehead atoms. The lowest BCUT2D eigenvalue weighted by atomic mass is 10.0. The molecule has 1 amide bonds. The van der Waals surface area contributed by atoms with Gasteiger partial charge in [0.25, 0.3) is 5.91 Å². The molecule has 0 aliphatic carbocycles. The van der Waals surface area contributed by atoms with Gasteiger partial charge in [-0.15, -0.1) is 0 Å². The molecule has 0 aromatic heterocycles. The molecule has 0 radical (unpaired) electrons. The van der Waals surface area contributed by atoms with Crippen LogP contribution in [0.1, 0.15) is 22.3 Å². The molecule has 2 aromatic rings. The SMILES string of the molecule is Cc1ccc(C(F)(F)F)c(C(N)=NC(=O)Cc2ccccc2)c1F. The average molecular weight is 338 g/mol. The number of nitrogens with zero attached hydrogens (tertiary/aromatic N) is 1. The van der Waals surface area contributed by atoms with E-state index in [4.69, 9.17) is 5.73 Å². The third kappa shape index (κ3) is 3.98. The Balaban J connectivity index is 2.40. The largest absolute Gasteiger partial charge is 0.417 e. The molecule has 2 rings (SSSR count). The number of halogens is 4. The molecule has 2 N–H and O–H groups in total. The summed E-state index contributed by atoms with van der Waals surface area (Å²) in [6.07, 6.45) is -4.96. The Morgan fingerprint density at radius 1 is 1.12 bits per heavy atom. The predicted molar refractivity (Wildman–Crippen MR) is 82.0 cm³/mol. The number of alkyl halides is 3. The van der Waals surface area contributed by atoms with Crippen molar-refractivity contribution in [1.29, 1.82) is 0 Å². The van der Waals surface area contributed by atoms with Crippen LogP contribution >= 0.6 is 0 Å². The number of carbonyl (C=O) groups excluding carboxylic acids is 1. The second-order valence-corrected chi connectivity index (χ2v) is 5.17. The molecule has 3 nitrogen and oxygen atoms in total. The molecule has 0 saturated carbocycles. The first-order chi connectivity index (χ1) is 11.2. The van der Waals surface area contributed by atoms with Crippen molar-refractivity contribution >= 4 is 11.7 Å². The molecule has 0 aliphatic rings. The van der Waals surface area contributed by atoms with Gasteiger partial charge in [-0.25, -0.2) is 4.39 Å². The van der Waals surface area contributed by atoms with E-state index >= 15 is 0 Å². The molecule has 0 saturated heterocycles. The number of amidine groups is 1. The topological polar surface area (TPSA) is 55.4 Å². The van der Waals surface area contributed by atoms with E-state index in [1.807, 2.05) is 0 Å². The van der Waals surface area contributed by atoms with Crippen LogP contribution in [0.25, 0.3) is 0 Å². The van der Waals surface area contributed by atoms with Crippen molar-refractivity contribution in [3.05, 3.63) is 70.5 Å². The van der Waals surface area contributed by atoms with Crippen LogP contribution in [0, 0.1) is 12.7 Å². The van der Waals surface area contributed by atoms with Crippen LogP contribution < -0.4 is 5.73 Å². The first-order valence-electron chi connectivity index (χ1n) is 6.97. The number of benzene rings is 2. The van der Waals surface area contributed by atoms with Gasteiger partial charge in [0, 0.05) is 0 Å². The van der Waals surface area contributed by atoms with Crippen molar-refractivity contribution in [3.8, 4) is 0 Å². The smallest absolute Gasteiger partial charge is 0.383 e. The fraction of sp³-hybridized carbons (Fsp3) is 0.176. The van der Waals surface area contributed by atoms with Crippen molar-refractivity contribution in [3.63, 3.8) is 0 Å². The van der Waals surface area contributed by atoms with E-state index in [0.717, 1.165) is 12.1 Å². The van der Waals surface area contributed by atoms with Crippen LogP contribution in [-0.4, -0.2) is 11.7 Å². The molecule has 126 valence electrons. The van der Waals surface area contributed by atoms with Gasteiger partial charge in [-0.3, -0.25) is 4.79 Å². The molecular weight excluding hydrogens is 324 g/mol. The first-order valence-corrected chi connectivity index (χ1v) is 6.97. The highest BCUT2D eigenvalue weighted by Crippen LogP contribution is 2.33. The maximum absolute atomic E-state index is 14.1. The van der Waals surface area contributed by atoms with Crippen molar-refractivity contribution in [2.24, 2.45) is 10.7 Å². The minimum absolute atomic E-state index is 0.0216. The zero-order valence-corrected chi connectivity index (χ0v) is 12.7. The fourth-order valence-corrected chi connectivity index (χ4v) is 2.17. The van der Waals surface area contributed by atoms with E-state index in [1.54, 1.807) is 30.3 Å². The maximum Gasteiger partial charge on any atom is 0.417 e. The molecule has 0 heterocycles. The molecule has 0 aliphatic heterocycles. The van der Waals surface area contributed by atoms with Crippen LogP contribution in [0.15, 0.2) is 47.5 Å². The van der Waals surface area contributed by atoms with Crippen molar-refractivity contribution in [2.75, 3.05) is 0 Å². The molecule has 0 fully saturated rings. The summed E-state index contributed by atoms with van der Waals surface area (Å²) in [7, 11) is 0. The number of carbonyl (C=O) groups is 1. The van der Waals surface area contributed by atoms with E-state index in [9.17, 15) is 22.4 Å². The summed E-state index contributed by atoms with van der Waals surface area (Å²) in [5, 5.41) is 0. The van der Waals surface area contributed by atoms with Crippen LogP contribution in [0.5, 0.6) is 0 Å². The summed E-state index contributed by atoms with van der Waals surface area (Å²) in [4.78, 5) is 15.3. The van der Waals surface area contributed by atoms with Crippen LogP contribution in [0.3, 0.4) is 0 Å². The lowest BCUT2D eigenvalue weighted by Crippen LogP contribution is -2.24. The molecular formula is C17H14F4N2O. The van der Waals surface area contributed by atoms with E-state index in [0.29, 0.717) is 5.56 Å². The Hall–Kier alpha value is -2.70. The maximum atomic E-state index is 14.1. The highest BCUT2D eigenvalue weighted by molar-refractivity contribution is 6.05. The molecule has 2 aromatic carbocycles. The fourth-order valence-electron chi connectivity index (χ4n) is 2.17. The predicted octanol–water partition coefficient (Wildman–Crippen LogP) is 3.63. The Labute approximate surface area is 135 Å². The zero-order valence-electron chi connectivity index (χ0n) is 12.7. The number of aryl methyl sites for hydroxylation is 1. The van der Waals surface area contributed by atoms with E-state index in [2.05, 4.69) is 4.99 Å². The Kier molecular flexibility index (Phi) is 5.02. The summed E-state index contributed by atoms with van der Waals surface area (Å²) < 4.78 is 53.3. The summed E-state index contributed by atoms with van der Waals surface area (Å²) in [6, 6.07) is 10.2. The first kappa shape index (κ1) is 17.7. The van der Waals surface area contributed by atoms with Crippen molar-refractivity contribution in [2.45, 2.75) is 19.5 Å². The van der Waals surface area contributed by atoms with Crippen molar-refractivity contribution in [1.82, 2.24) is 0 Å². The van der Waals surface area contributed by atoms with Gasteiger partial charge in [0.1, 0.15) is 11.7 Å². The minimum Gasteiger partial charge on any atom is -0.383 e. The van der Waals surface area contributed by atoms with E-state index < -0.39 is 34.9 Å². The standard InChI is InChI=1S/C17H14F4N2O/c1-10-7-8-12(17(19,20)21)14(15(10)18)16(22)23-13(24)9-11-5-3-2-4-6-11/h2-8H,9H2,1H3,(H2,22,23,24). The Morgan fingerprint density at radius 3 is 2.33 bits per heavy atom. The van der Waals surface area contributed by atoms with Gasteiger partial charge in [0.15, 0.2) is 0 Å². The third-order valence-electron chi connectivity index (χ3n) is 3.34. The van der Waals surface area contributed by atoms with Crippen LogP contribution in [0.4, 0.5) is 17.6 Å². The Morgan fingerprint density at radius 2 is 1.75 bits per heavy atom. The van der Waals surface area contributed by atoms with Gasteiger partial charge in [-0.2, -0.15) is 18.2 Å². The summed E-state index contributed by atoms with van der Waals surface area (Å²) >= 11 is 0. The van der Waals surface area contributed by atoms with Crippen LogP contribution in [-0.2, 0) is 17.4 Å². The number of aliphatic imine (C=N–C) groups is 1. The van der Waals surface area contributed by atoms with Gasteiger partial charge in [0.2, 0.25) is 0 Å². The van der Waals surface area contributed by atoms with Gasteiger partial charge in [0.05, 0.1) is 17.5 Å². The van der Waals surface area contributed by atoms with E-state index in [-0.39, 0.29) is 12.0 Å². The zero-order chi connectivity index (χ0) is 17.9. The lowest BCUT2D eigenvalue weighted by molar-refractivity contribution is -0.138. The third-order valence-corrected chi connectivity index (χ3v) is 3.34. The summed E-state index contributed by atoms with van der Waals surface area (Å²) in [5.74, 6) is -2.68. The highest BCUT2D eigenvalue weighted by Gasteiger charge is 2.36. The molecule has 24 heavy (non-hydrogen) atoms. The Bertz CT molecular complexity index is 783. The number of rotatable bonds is 3. The van der Waals surface area contributed by atoms with Gasteiger partial charge < -0.3 is 5.73 Å². The number of nitrogens with two attached hydrogens (primary N) is 1. The number of amides is 1. The van der Waals surface area contributed by atoms with Crippen LogP contribution in [0.2, 0.25) is 0 Å². The van der Waals surface area contributed by atoms with E-state index in [1.165, 1.54) is 6.92 Å². The second-order valence-electron chi connectivity index (χ2n) is 5.17. The molecule has 7 heteroatoms. The average Bonchev–Trinajstić information content (AvgIpc) is 2.49. The summed E-state index contributed by atoms with van der Waals surface area (Å²) in [5.41, 5.74) is 3.95. The highest BCUT2D eigenvalue weighted by atomic mass is 19.4. The minimum atomic E-state index is -4.81. The molecule has 0 atom stereocenters. The lowest BCUT2D eigenvalue weighted by Gasteiger charge is -2.14. The second kappa shape index (κ2) is 6.82. The number of hydrogen-bond acceptors (Lipinski definition) is 1. The molecule has 0 unspecified atom stereocenters. The van der Waals surface area contributed by atoms with Gasteiger partial charge in [-0.1, -0.05) is 36.4 Å². The number of hydrogen-bond donors (Lipinski definition) is 1. The normalized spacial score (nSPS) is 12.3. The van der Waals surface area contributed by atoms with Gasteiger partial charge in [-0.05, 0) is 24.1 Å². The van der Waals surface area contributed by atoms with Crippen molar-refractivity contribution < 1.29 is 22.4 Å². The van der Waals surface area contributed by atoms with Gasteiger partial charge >= 0.3 is 6.18 Å².